The monoisotopic (exact) mass is 843 g/mol. The van der Waals surface area contributed by atoms with Gasteiger partial charge in [0.25, 0.3) is 0 Å². The minimum absolute atomic E-state index is 0.104. The fourth-order valence-electron chi connectivity index (χ4n) is 4.11. The number of nitrogens with one attached hydrogen (secondary N) is 1. The summed E-state index contributed by atoms with van der Waals surface area (Å²) in [7, 11) is -6.00. The Kier molecular flexibility index (Phi) is 13.7. The van der Waals surface area contributed by atoms with Gasteiger partial charge in [-0.2, -0.15) is 0 Å². The second-order valence-electron chi connectivity index (χ2n) is 15.3. The van der Waals surface area contributed by atoms with Gasteiger partial charge in [0.1, 0.15) is 0 Å². The van der Waals surface area contributed by atoms with Gasteiger partial charge in [-0.1, -0.05) is 0 Å². The number of Topliss-reactive ketones (excluding diaryl/α,β-unsaturated/α-hetero) is 1. The van der Waals surface area contributed by atoms with Crippen molar-refractivity contribution in [3.63, 3.8) is 0 Å². The summed E-state index contributed by atoms with van der Waals surface area (Å²) >= 11 is 0.704. The Hall–Kier alpha value is -1.34. The Labute approximate surface area is 293 Å². The molecule has 2 heterocycles. The minimum Gasteiger partial charge on any atom is -0.418 e. The van der Waals surface area contributed by atoms with Crippen LogP contribution in [0.1, 0.15) is 111 Å². The third-order valence-electron chi connectivity index (χ3n) is 6.08. The van der Waals surface area contributed by atoms with Gasteiger partial charge < -0.3 is 17.3 Å². The number of hydrogen-bond acceptors (Lipinski definition) is 3. The molecular formula is C35H50BF4NO2Se3. The molecule has 0 spiro atoms. The van der Waals surface area contributed by atoms with E-state index in [1.807, 2.05) is 0 Å². The predicted octanol–water partition coefficient (Wildman–Crippen LogP) is 9.62. The van der Waals surface area contributed by atoms with Crippen molar-refractivity contribution < 1.29 is 26.8 Å². The van der Waals surface area contributed by atoms with E-state index in [4.69, 9.17) is 4.74 Å². The van der Waals surface area contributed by atoms with Crippen molar-refractivity contribution in [1.29, 1.82) is 0 Å². The van der Waals surface area contributed by atoms with Crippen LogP contribution in [0.5, 0.6) is 0 Å². The Balaban J connectivity index is 0.00000136. The van der Waals surface area contributed by atoms with E-state index in [9.17, 15) is 22.1 Å². The molecule has 1 aromatic heterocycles. The van der Waals surface area contributed by atoms with E-state index in [1.165, 1.54) is 8.87 Å². The molecule has 0 bridgehead atoms. The van der Waals surface area contributed by atoms with Crippen LogP contribution in [-0.2, 0) is 20.4 Å². The molecule has 3 nitrogen and oxygen atoms in total. The molecule has 0 aromatic carbocycles. The molecular weight excluding hydrogens is 790 g/mol. The molecule has 46 heavy (non-hydrogen) atoms. The number of ether oxygens (including phenoxy) is 1. The van der Waals surface area contributed by atoms with Crippen LogP contribution in [0.3, 0.4) is 0 Å². The molecule has 0 radical (unpaired) electrons. The van der Waals surface area contributed by atoms with Gasteiger partial charge >= 0.3 is 277 Å². The average Bonchev–Trinajstić information content (AvgIpc) is 2.82. The maximum Gasteiger partial charge on any atom is 0.673 e. The molecule has 0 saturated carbocycles. The molecule has 3 rings (SSSR count). The fraction of sp³-hybridized carbons (Fsp3) is 0.543. The standard InChI is InChI=1S/C35H49NO2Se3.BF4/c1-14-15-36-30-24(16-22-18-26(32(2,3)4)39-27(19-22)33(5,6)7)31(37)25(30)17-23-20-28(40-34(8,9)10)38-29(21-23)41-35(11,12)13;2-1(3,4)5/h16-21H,14-15H2,1-13H3;/q;-1/p+1. The van der Waals surface area contributed by atoms with Crippen LogP contribution in [0.25, 0.3) is 6.08 Å². The third-order valence-corrected chi connectivity index (χ3v) is 14.3. The van der Waals surface area contributed by atoms with E-state index < -0.39 is 7.25 Å². The second kappa shape index (κ2) is 15.5. The average molecular weight is 840 g/mol. The van der Waals surface area contributed by atoms with Crippen molar-refractivity contribution >= 4 is 63.5 Å². The van der Waals surface area contributed by atoms with Crippen LogP contribution in [0, 0.1) is 0 Å². The van der Waals surface area contributed by atoms with E-state index >= 15 is 0 Å². The number of rotatable bonds is 7. The quantitative estimate of drug-likeness (QED) is 0.169. The van der Waals surface area contributed by atoms with E-state index in [1.54, 1.807) is 0 Å². The van der Waals surface area contributed by atoms with Crippen LogP contribution < -0.4 is 5.32 Å². The summed E-state index contributed by atoms with van der Waals surface area (Å²) in [5.41, 5.74) is 4.95. The van der Waals surface area contributed by atoms with Gasteiger partial charge in [0, 0.05) is 0 Å². The summed E-state index contributed by atoms with van der Waals surface area (Å²) in [5, 5.41) is 3.59. The number of hydrogen-bond donors (Lipinski definition) is 1. The summed E-state index contributed by atoms with van der Waals surface area (Å²) < 4.78 is 50.8. The zero-order valence-electron chi connectivity index (χ0n) is 29.5. The van der Waals surface area contributed by atoms with Crippen LogP contribution in [0.4, 0.5) is 17.3 Å². The van der Waals surface area contributed by atoms with Crippen molar-refractivity contribution in [2.75, 3.05) is 6.54 Å². The van der Waals surface area contributed by atoms with Crippen LogP contribution in [-0.4, -0.2) is 64.0 Å². The molecule has 0 fully saturated rings. The number of allylic oxidation sites excluding steroid dienone is 6. The number of carbonyl (C=O) groups excluding carboxylic acids is 1. The van der Waals surface area contributed by atoms with E-state index in [0.717, 1.165) is 50.3 Å². The van der Waals surface area contributed by atoms with Crippen molar-refractivity contribution in [2.45, 2.75) is 116 Å². The first-order valence-corrected chi connectivity index (χ1v) is 20.6. The summed E-state index contributed by atoms with van der Waals surface area (Å²) in [6.45, 7) is 30.3. The van der Waals surface area contributed by atoms with Crippen LogP contribution >= 0.6 is 0 Å². The molecule has 256 valence electrons. The maximum atomic E-state index is 13.7. The van der Waals surface area contributed by atoms with Gasteiger partial charge in [-0.15, -0.1) is 0 Å². The molecule has 1 aliphatic heterocycles. The first-order valence-electron chi connectivity index (χ1n) is 15.5. The number of halogens is 4. The first-order chi connectivity index (χ1) is 20.7. The SMILES string of the molecule is CCCNC1=C(C=C2C=C([Se]C(C)(C)C)OC([Se]C(C)(C)C)=C2)C(=O)C1=Cc1cc(C(C)(C)C)[se+]c(C(C)(C)C)c1.F[B-](F)(F)F. The third kappa shape index (κ3) is 14.0. The first kappa shape index (κ1) is 40.8. The maximum absolute atomic E-state index is 13.7. The van der Waals surface area contributed by atoms with E-state index in [0.29, 0.717) is 14.5 Å². The number of ketones is 1. The predicted molar refractivity (Wildman–Crippen MR) is 190 cm³/mol. The Morgan fingerprint density at radius 1 is 0.804 bits per heavy atom. The molecule has 1 N–H and O–H groups in total. The molecule has 11 heteroatoms. The smallest absolute Gasteiger partial charge is 0.418 e. The molecule has 0 saturated heterocycles. The second-order valence-corrected chi connectivity index (χ2v) is 25.3. The van der Waals surface area contributed by atoms with Gasteiger partial charge in [-0.05, 0) is 0 Å². The van der Waals surface area contributed by atoms with Crippen LogP contribution in [0.2, 0.25) is 8.63 Å². The van der Waals surface area contributed by atoms with E-state index in [2.05, 4.69) is 132 Å². The summed E-state index contributed by atoms with van der Waals surface area (Å²) in [5.74, 6) is 0.121. The Morgan fingerprint density at radius 3 is 1.61 bits per heavy atom. The zero-order chi connectivity index (χ0) is 35.5. The molecule has 0 amide bonds. The normalized spacial score (nSPS) is 17.1. The fourth-order valence-corrected chi connectivity index (χ4v) is 10.9. The topological polar surface area (TPSA) is 38.3 Å². The Morgan fingerprint density at radius 2 is 1.24 bits per heavy atom. The number of carbonyl (C=O) groups is 1. The van der Waals surface area contributed by atoms with Crippen molar-refractivity contribution in [2.24, 2.45) is 0 Å². The van der Waals surface area contributed by atoms with Crippen molar-refractivity contribution in [3.8, 4) is 0 Å². The summed E-state index contributed by atoms with van der Waals surface area (Å²) in [6, 6.07) is 4.66. The van der Waals surface area contributed by atoms with Gasteiger partial charge in [-0.25, -0.2) is 0 Å². The van der Waals surface area contributed by atoms with Crippen molar-refractivity contribution in [1.82, 2.24) is 5.32 Å². The van der Waals surface area contributed by atoms with Crippen LogP contribution in [0.15, 0.2) is 62.1 Å². The van der Waals surface area contributed by atoms with Gasteiger partial charge in [0.05, 0.1) is 0 Å². The molecule has 2 aliphatic rings. The molecule has 0 unspecified atom stereocenters. The van der Waals surface area contributed by atoms with Gasteiger partial charge in [0.2, 0.25) is 0 Å². The summed E-state index contributed by atoms with van der Waals surface area (Å²) in [6.07, 6.45) is 9.51. The minimum atomic E-state index is -6.00. The van der Waals surface area contributed by atoms with Crippen molar-refractivity contribution in [3.05, 3.63) is 76.5 Å². The van der Waals surface area contributed by atoms with Gasteiger partial charge in [-0.3, -0.25) is 0 Å². The van der Waals surface area contributed by atoms with E-state index in [-0.39, 0.29) is 55.2 Å². The largest absolute Gasteiger partial charge is 0.673 e. The zero-order valence-corrected chi connectivity index (χ0v) is 34.6. The molecule has 1 aromatic rings. The molecule has 1 aliphatic carbocycles. The summed E-state index contributed by atoms with van der Waals surface area (Å²) in [4.78, 5) is 13.7. The van der Waals surface area contributed by atoms with Gasteiger partial charge in [0.15, 0.2) is 0 Å². The Bertz CT molecular complexity index is 1370. The molecule has 0 atom stereocenters.